The molecule has 0 saturated heterocycles. The molecule has 1 aliphatic rings. The Hall–Kier alpha value is -3.13. The Morgan fingerprint density at radius 2 is 1.57 bits per heavy atom. The molecule has 0 amide bonds. The zero-order valence-electron chi connectivity index (χ0n) is 16.3. The molecule has 3 aromatic carbocycles. The molecule has 1 heterocycles. The largest absolute Gasteiger partial charge is 0.373 e. The van der Waals surface area contributed by atoms with E-state index in [9.17, 15) is 0 Å². The van der Waals surface area contributed by atoms with Crippen molar-refractivity contribution in [1.29, 1.82) is 0 Å². The van der Waals surface area contributed by atoms with Crippen molar-refractivity contribution < 1.29 is 0 Å². The summed E-state index contributed by atoms with van der Waals surface area (Å²) in [5, 5.41) is 3.71. The minimum absolute atomic E-state index is 0.0245. The first-order valence-electron chi connectivity index (χ1n) is 10.0. The van der Waals surface area contributed by atoms with Gasteiger partial charge in [-0.25, -0.2) is 0 Å². The van der Waals surface area contributed by atoms with Crippen molar-refractivity contribution in [3.05, 3.63) is 114 Å². The molecule has 0 saturated carbocycles. The SMILES string of the molecule is CCc1ccc(NC(C2=NC(c3ccccc3)CC=C2)c2ccccc2)cc1. The van der Waals surface area contributed by atoms with E-state index in [2.05, 4.69) is 109 Å². The van der Waals surface area contributed by atoms with E-state index < -0.39 is 0 Å². The van der Waals surface area contributed by atoms with E-state index >= 15 is 0 Å². The van der Waals surface area contributed by atoms with Gasteiger partial charge in [0.25, 0.3) is 0 Å². The third-order valence-electron chi connectivity index (χ3n) is 5.24. The van der Waals surface area contributed by atoms with Gasteiger partial charge in [0.1, 0.15) is 0 Å². The Morgan fingerprint density at radius 1 is 0.893 bits per heavy atom. The molecule has 2 unspecified atom stereocenters. The molecule has 0 spiro atoms. The lowest BCUT2D eigenvalue weighted by Crippen LogP contribution is -2.22. The first-order chi connectivity index (χ1) is 13.8. The highest BCUT2D eigenvalue weighted by atomic mass is 15.0. The molecule has 140 valence electrons. The van der Waals surface area contributed by atoms with Gasteiger partial charge in [-0.1, -0.05) is 85.8 Å². The van der Waals surface area contributed by atoms with Gasteiger partial charge in [0.05, 0.1) is 17.8 Å². The number of aliphatic imine (C=N–C) groups is 1. The summed E-state index contributed by atoms with van der Waals surface area (Å²) in [6.45, 7) is 2.18. The topological polar surface area (TPSA) is 24.4 Å². The molecule has 2 nitrogen and oxygen atoms in total. The van der Waals surface area contributed by atoms with Crippen LogP contribution in [0.15, 0.2) is 102 Å². The van der Waals surface area contributed by atoms with E-state index in [1.807, 2.05) is 0 Å². The summed E-state index contributed by atoms with van der Waals surface area (Å²) in [6.07, 6.45) is 6.42. The second-order valence-corrected chi connectivity index (χ2v) is 7.16. The summed E-state index contributed by atoms with van der Waals surface area (Å²) < 4.78 is 0. The van der Waals surface area contributed by atoms with Crippen LogP contribution < -0.4 is 5.32 Å². The predicted molar refractivity (Wildman–Crippen MR) is 119 cm³/mol. The van der Waals surface area contributed by atoms with Crippen LogP contribution in [-0.4, -0.2) is 5.71 Å². The molecule has 2 atom stereocenters. The molecular formula is C26H26N2. The van der Waals surface area contributed by atoms with E-state index in [0.29, 0.717) is 0 Å². The molecule has 1 aliphatic heterocycles. The van der Waals surface area contributed by atoms with Crippen LogP contribution in [0, 0.1) is 0 Å². The summed E-state index contributed by atoms with van der Waals surface area (Å²) in [7, 11) is 0. The Morgan fingerprint density at radius 3 is 2.25 bits per heavy atom. The maximum atomic E-state index is 5.13. The van der Waals surface area contributed by atoms with Crippen LogP contribution in [-0.2, 0) is 6.42 Å². The lowest BCUT2D eigenvalue weighted by Gasteiger charge is -2.25. The summed E-state index contributed by atoms with van der Waals surface area (Å²) >= 11 is 0. The highest BCUT2D eigenvalue weighted by Gasteiger charge is 2.21. The van der Waals surface area contributed by atoms with Crippen LogP contribution in [0.3, 0.4) is 0 Å². The fourth-order valence-electron chi connectivity index (χ4n) is 3.63. The maximum absolute atomic E-state index is 5.13. The monoisotopic (exact) mass is 366 g/mol. The van der Waals surface area contributed by atoms with E-state index in [4.69, 9.17) is 4.99 Å². The van der Waals surface area contributed by atoms with Gasteiger partial charge < -0.3 is 5.32 Å². The first-order valence-corrected chi connectivity index (χ1v) is 10.0. The number of nitrogens with zero attached hydrogens (tertiary/aromatic N) is 1. The van der Waals surface area contributed by atoms with E-state index in [1.54, 1.807) is 0 Å². The fourth-order valence-corrected chi connectivity index (χ4v) is 3.63. The number of anilines is 1. The molecule has 4 rings (SSSR count). The van der Waals surface area contributed by atoms with Crippen molar-refractivity contribution in [3.63, 3.8) is 0 Å². The van der Waals surface area contributed by atoms with Gasteiger partial charge in [0.2, 0.25) is 0 Å². The van der Waals surface area contributed by atoms with Gasteiger partial charge in [-0.05, 0) is 47.7 Å². The molecule has 0 aliphatic carbocycles. The molecular weight excluding hydrogens is 340 g/mol. The average molecular weight is 367 g/mol. The Kier molecular flexibility index (Phi) is 5.67. The number of dihydropyridines is 1. The molecule has 1 N–H and O–H groups in total. The van der Waals surface area contributed by atoms with E-state index in [1.165, 1.54) is 16.7 Å². The zero-order valence-corrected chi connectivity index (χ0v) is 16.3. The van der Waals surface area contributed by atoms with Gasteiger partial charge in [0, 0.05) is 5.69 Å². The number of hydrogen-bond donors (Lipinski definition) is 1. The predicted octanol–water partition coefficient (Wildman–Crippen LogP) is 6.54. The quantitative estimate of drug-likeness (QED) is 0.526. The minimum Gasteiger partial charge on any atom is -0.373 e. The molecule has 0 aromatic heterocycles. The van der Waals surface area contributed by atoms with Gasteiger partial charge in [0.15, 0.2) is 0 Å². The third kappa shape index (κ3) is 4.23. The fraction of sp³-hybridized carbons (Fsp3) is 0.192. The smallest absolute Gasteiger partial charge is 0.0935 e. The van der Waals surface area contributed by atoms with E-state index in [0.717, 1.165) is 24.2 Å². The zero-order chi connectivity index (χ0) is 19.2. The third-order valence-corrected chi connectivity index (χ3v) is 5.24. The standard InChI is InChI=1S/C26H26N2/c1-2-20-16-18-23(19-17-20)27-26(22-12-7-4-8-13-22)25-15-9-14-24(28-25)21-10-5-3-6-11-21/h3-13,15-19,24,26-27H,2,14H2,1H3. The number of benzene rings is 3. The van der Waals surface area contributed by atoms with Gasteiger partial charge >= 0.3 is 0 Å². The summed E-state index contributed by atoms with van der Waals surface area (Å²) in [6, 6.07) is 30.0. The number of hydrogen-bond acceptors (Lipinski definition) is 2. The van der Waals surface area contributed by atoms with Crippen molar-refractivity contribution in [1.82, 2.24) is 0 Å². The highest BCUT2D eigenvalue weighted by molar-refractivity contribution is 6.02. The van der Waals surface area contributed by atoms with Crippen molar-refractivity contribution in [2.24, 2.45) is 4.99 Å². The molecule has 0 bridgehead atoms. The van der Waals surface area contributed by atoms with Crippen molar-refractivity contribution >= 4 is 11.4 Å². The maximum Gasteiger partial charge on any atom is 0.0935 e. The van der Waals surface area contributed by atoms with E-state index in [-0.39, 0.29) is 12.1 Å². The van der Waals surface area contributed by atoms with Crippen molar-refractivity contribution in [2.45, 2.75) is 31.8 Å². The van der Waals surface area contributed by atoms with Crippen molar-refractivity contribution in [3.8, 4) is 0 Å². The normalized spacial score (nSPS) is 17.0. The molecule has 3 aromatic rings. The van der Waals surface area contributed by atoms with Crippen LogP contribution in [0.2, 0.25) is 0 Å². The lowest BCUT2D eigenvalue weighted by atomic mass is 9.95. The Balaban J connectivity index is 1.66. The van der Waals surface area contributed by atoms with Crippen LogP contribution in [0.25, 0.3) is 0 Å². The summed E-state index contributed by atoms with van der Waals surface area (Å²) in [5.41, 5.74) is 6.03. The summed E-state index contributed by atoms with van der Waals surface area (Å²) in [5.74, 6) is 0. The van der Waals surface area contributed by atoms with Gasteiger partial charge in [-0.2, -0.15) is 0 Å². The number of aryl methyl sites for hydroxylation is 1. The second-order valence-electron chi connectivity index (χ2n) is 7.16. The Bertz CT molecular complexity index is 941. The molecule has 2 heteroatoms. The van der Waals surface area contributed by atoms with Gasteiger partial charge in [-0.15, -0.1) is 0 Å². The van der Waals surface area contributed by atoms with Gasteiger partial charge in [-0.3, -0.25) is 4.99 Å². The van der Waals surface area contributed by atoms with Crippen LogP contribution in [0.1, 0.15) is 42.1 Å². The highest BCUT2D eigenvalue weighted by Crippen LogP contribution is 2.30. The molecule has 0 fully saturated rings. The Labute approximate surface area is 167 Å². The molecule has 0 radical (unpaired) electrons. The van der Waals surface area contributed by atoms with Crippen LogP contribution >= 0.6 is 0 Å². The minimum atomic E-state index is 0.0245. The van der Waals surface area contributed by atoms with Crippen LogP contribution in [0.4, 0.5) is 5.69 Å². The first kappa shape index (κ1) is 18.2. The van der Waals surface area contributed by atoms with Crippen LogP contribution in [0.5, 0.6) is 0 Å². The number of nitrogens with one attached hydrogen (secondary N) is 1. The molecule has 28 heavy (non-hydrogen) atoms. The lowest BCUT2D eigenvalue weighted by molar-refractivity contribution is 0.728. The number of rotatable bonds is 6. The van der Waals surface area contributed by atoms with Crippen molar-refractivity contribution in [2.75, 3.05) is 5.32 Å². The average Bonchev–Trinajstić information content (AvgIpc) is 2.79. The summed E-state index contributed by atoms with van der Waals surface area (Å²) in [4.78, 5) is 5.13. The second kappa shape index (κ2) is 8.71.